The highest BCUT2D eigenvalue weighted by molar-refractivity contribution is 7.13. The number of aromatic nitrogens is 3. The first-order valence-corrected chi connectivity index (χ1v) is 9.49. The zero-order valence-electron chi connectivity index (χ0n) is 13.9. The second-order valence-electron chi connectivity index (χ2n) is 6.54. The molecule has 1 N–H and O–H groups in total. The fourth-order valence-corrected chi connectivity index (χ4v) is 4.29. The maximum Gasteiger partial charge on any atom is 0.188 e. The summed E-state index contributed by atoms with van der Waals surface area (Å²) in [5.74, 6) is 1.32. The van der Waals surface area contributed by atoms with Crippen molar-refractivity contribution in [2.75, 3.05) is 31.6 Å². The Morgan fingerprint density at radius 2 is 2.04 bits per heavy atom. The number of likely N-dealkylation sites (tertiary alicyclic amines) is 1. The number of nitrogens with zero attached hydrogens (tertiary/aromatic N) is 4. The van der Waals surface area contributed by atoms with E-state index in [1.54, 1.807) is 23.7 Å². The van der Waals surface area contributed by atoms with Gasteiger partial charge < -0.3 is 10.1 Å². The lowest BCUT2D eigenvalue weighted by Gasteiger charge is -2.35. The van der Waals surface area contributed by atoms with Gasteiger partial charge >= 0.3 is 0 Å². The van der Waals surface area contributed by atoms with Gasteiger partial charge in [-0.3, -0.25) is 9.88 Å². The summed E-state index contributed by atoms with van der Waals surface area (Å²) < 4.78 is 5.53. The lowest BCUT2D eigenvalue weighted by atomic mass is 9.92. The molecular formula is C17H23N5OS. The molecule has 2 aliphatic rings. The van der Waals surface area contributed by atoms with E-state index >= 15 is 0 Å². The summed E-state index contributed by atoms with van der Waals surface area (Å²) in [6.45, 7) is 6.04. The molecule has 0 saturated carbocycles. The van der Waals surface area contributed by atoms with Crippen molar-refractivity contribution in [2.45, 2.75) is 38.1 Å². The highest BCUT2D eigenvalue weighted by Gasteiger charge is 2.30. The van der Waals surface area contributed by atoms with Crippen molar-refractivity contribution < 1.29 is 4.74 Å². The molecule has 2 aliphatic heterocycles. The van der Waals surface area contributed by atoms with Crippen LogP contribution in [0.25, 0.3) is 0 Å². The lowest BCUT2D eigenvalue weighted by Crippen LogP contribution is -2.41. The Labute approximate surface area is 146 Å². The van der Waals surface area contributed by atoms with E-state index in [4.69, 9.17) is 4.74 Å². The first kappa shape index (κ1) is 15.9. The van der Waals surface area contributed by atoms with E-state index in [-0.39, 0.29) is 0 Å². The first-order valence-electron chi connectivity index (χ1n) is 8.61. The maximum atomic E-state index is 5.53. The molecule has 6 nitrogen and oxygen atoms in total. The molecule has 7 heteroatoms. The molecule has 2 fully saturated rings. The third-order valence-corrected chi connectivity index (χ3v) is 5.78. The summed E-state index contributed by atoms with van der Waals surface area (Å²) in [6.07, 6.45) is 6.97. The Morgan fingerprint density at radius 1 is 1.21 bits per heavy atom. The molecule has 0 spiro atoms. The molecule has 0 aliphatic carbocycles. The van der Waals surface area contributed by atoms with Crippen LogP contribution in [-0.2, 0) is 4.74 Å². The molecule has 4 heterocycles. The quantitative estimate of drug-likeness (QED) is 0.919. The van der Waals surface area contributed by atoms with Gasteiger partial charge in [-0.05, 0) is 39.3 Å². The normalized spacial score (nSPS) is 22.8. The smallest absolute Gasteiger partial charge is 0.188 e. The number of thiazole rings is 1. The van der Waals surface area contributed by atoms with E-state index in [1.165, 1.54) is 6.42 Å². The summed E-state index contributed by atoms with van der Waals surface area (Å²) >= 11 is 1.60. The molecule has 0 bridgehead atoms. The minimum absolute atomic E-state index is 0.459. The summed E-state index contributed by atoms with van der Waals surface area (Å²) in [7, 11) is 0. The van der Waals surface area contributed by atoms with Crippen molar-refractivity contribution in [2.24, 2.45) is 0 Å². The molecular weight excluding hydrogens is 322 g/mol. The van der Waals surface area contributed by atoms with E-state index < -0.39 is 0 Å². The largest absolute Gasteiger partial charge is 0.380 e. The third-order valence-electron chi connectivity index (χ3n) is 4.91. The van der Waals surface area contributed by atoms with Crippen LogP contribution in [0.4, 0.5) is 10.9 Å². The summed E-state index contributed by atoms with van der Waals surface area (Å²) in [6, 6.07) is 0.615. The topological polar surface area (TPSA) is 63.2 Å². The highest BCUT2D eigenvalue weighted by atomic mass is 32.1. The number of nitrogens with one attached hydrogen (secondary N) is 1. The molecule has 0 amide bonds. The fraction of sp³-hybridized carbons (Fsp3) is 0.588. The average molecular weight is 345 g/mol. The van der Waals surface area contributed by atoms with Gasteiger partial charge in [-0.1, -0.05) is 0 Å². The minimum Gasteiger partial charge on any atom is -0.380 e. The predicted octanol–water partition coefficient (Wildman–Crippen LogP) is 2.95. The van der Waals surface area contributed by atoms with E-state index in [1.807, 2.05) is 12.3 Å². The van der Waals surface area contributed by atoms with Crippen LogP contribution in [0.5, 0.6) is 0 Å². The van der Waals surface area contributed by atoms with Crippen molar-refractivity contribution in [3.63, 3.8) is 0 Å². The molecule has 2 saturated heterocycles. The van der Waals surface area contributed by atoms with Crippen LogP contribution in [-0.4, -0.2) is 52.2 Å². The molecule has 24 heavy (non-hydrogen) atoms. The summed E-state index contributed by atoms with van der Waals surface area (Å²) in [4.78, 5) is 16.2. The molecule has 1 atom stereocenters. The predicted molar refractivity (Wildman–Crippen MR) is 94.9 cm³/mol. The number of hydrogen-bond donors (Lipinski definition) is 1. The van der Waals surface area contributed by atoms with E-state index in [0.29, 0.717) is 12.0 Å². The van der Waals surface area contributed by atoms with Crippen LogP contribution in [0.3, 0.4) is 0 Å². The van der Waals surface area contributed by atoms with E-state index in [2.05, 4.69) is 25.2 Å². The van der Waals surface area contributed by atoms with Gasteiger partial charge in [-0.2, -0.15) is 0 Å². The molecule has 0 radical (unpaired) electrons. The lowest BCUT2D eigenvalue weighted by molar-refractivity contribution is 0.121. The number of hydrogen-bond acceptors (Lipinski definition) is 7. The number of aryl methyl sites for hydroxylation is 1. The van der Waals surface area contributed by atoms with Crippen LogP contribution >= 0.6 is 11.3 Å². The van der Waals surface area contributed by atoms with Gasteiger partial charge in [0.1, 0.15) is 0 Å². The van der Waals surface area contributed by atoms with Crippen molar-refractivity contribution in [1.82, 2.24) is 19.9 Å². The Balaban J connectivity index is 1.44. The van der Waals surface area contributed by atoms with Crippen LogP contribution < -0.4 is 5.32 Å². The summed E-state index contributed by atoms with van der Waals surface area (Å²) in [5, 5.41) is 6.28. The van der Waals surface area contributed by atoms with Gasteiger partial charge in [-0.25, -0.2) is 9.97 Å². The van der Waals surface area contributed by atoms with Gasteiger partial charge in [-0.15, -0.1) is 11.3 Å². The molecule has 2 aromatic rings. The van der Waals surface area contributed by atoms with Crippen LogP contribution in [0.15, 0.2) is 17.8 Å². The average Bonchev–Trinajstić information content (AvgIpc) is 3.28. The van der Waals surface area contributed by atoms with E-state index in [9.17, 15) is 0 Å². The Morgan fingerprint density at radius 3 is 2.75 bits per heavy atom. The van der Waals surface area contributed by atoms with Crippen molar-refractivity contribution in [1.29, 1.82) is 0 Å². The van der Waals surface area contributed by atoms with Crippen molar-refractivity contribution in [3.8, 4) is 0 Å². The zero-order valence-corrected chi connectivity index (χ0v) is 14.8. The molecule has 128 valence electrons. The second-order valence-corrected chi connectivity index (χ2v) is 7.39. The van der Waals surface area contributed by atoms with Crippen LogP contribution in [0.1, 0.15) is 36.6 Å². The standard InChI is InChI=1S/C17H23N5OS/c1-12-11-24-17(20-12)21-16-15(18-5-6-19-16)13-2-7-22(8-3-13)14-4-9-23-10-14/h5-6,11,13-14H,2-4,7-10H2,1H3,(H,19,20,21)/t14-/m0/s1. The van der Waals surface area contributed by atoms with Gasteiger partial charge in [0.05, 0.1) is 18.0 Å². The van der Waals surface area contributed by atoms with Crippen molar-refractivity contribution >= 4 is 22.3 Å². The number of piperidine rings is 1. The molecule has 0 unspecified atom stereocenters. The Bertz CT molecular complexity index is 677. The van der Waals surface area contributed by atoms with Gasteiger partial charge in [0.25, 0.3) is 0 Å². The van der Waals surface area contributed by atoms with Gasteiger partial charge in [0.2, 0.25) is 0 Å². The Hall–Kier alpha value is -1.57. The molecule has 0 aromatic carbocycles. The maximum absolute atomic E-state index is 5.53. The molecule has 4 rings (SSSR count). The zero-order chi connectivity index (χ0) is 16.4. The van der Waals surface area contributed by atoms with Crippen molar-refractivity contribution in [3.05, 3.63) is 29.2 Å². The van der Waals surface area contributed by atoms with Crippen LogP contribution in [0, 0.1) is 6.92 Å². The van der Waals surface area contributed by atoms with Gasteiger partial charge in [0, 0.05) is 36.3 Å². The highest BCUT2D eigenvalue weighted by Crippen LogP contribution is 2.33. The minimum atomic E-state index is 0.459. The Kier molecular flexibility index (Phi) is 4.73. The number of anilines is 2. The van der Waals surface area contributed by atoms with Gasteiger partial charge in [0.15, 0.2) is 10.9 Å². The number of ether oxygens (including phenoxy) is 1. The van der Waals surface area contributed by atoms with Crippen LogP contribution in [0.2, 0.25) is 0 Å². The third kappa shape index (κ3) is 3.43. The SMILES string of the molecule is Cc1csc(Nc2nccnc2C2CCN([C@H]3CCOC3)CC2)n1. The molecule has 2 aromatic heterocycles. The second kappa shape index (κ2) is 7.13. The number of rotatable bonds is 4. The first-order chi connectivity index (χ1) is 11.8. The summed E-state index contributed by atoms with van der Waals surface area (Å²) in [5.41, 5.74) is 2.10. The van der Waals surface area contributed by atoms with E-state index in [0.717, 1.165) is 61.5 Å². The fourth-order valence-electron chi connectivity index (χ4n) is 3.60. The monoisotopic (exact) mass is 345 g/mol.